The average Bonchev–Trinajstić information content (AvgIpc) is 2.54. The lowest BCUT2D eigenvalue weighted by Gasteiger charge is -2.05. The molecule has 4 nitrogen and oxygen atoms in total. The molecule has 4 heteroatoms. The first-order valence-corrected chi connectivity index (χ1v) is 6.24. The van der Waals surface area contributed by atoms with Gasteiger partial charge in [0, 0.05) is 16.8 Å². The van der Waals surface area contributed by atoms with Crippen molar-refractivity contribution in [3.8, 4) is 17.9 Å². The summed E-state index contributed by atoms with van der Waals surface area (Å²) in [6, 6.07) is 15.4. The van der Waals surface area contributed by atoms with Crippen molar-refractivity contribution in [2.45, 2.75) is 0 Å². The first-order valence-electron chi connectivity index (χ1n) is 6.24. The molecule has 0 heterocycles. The zero-order chi connectivity index (χ0) is 15.1. The fraction of sp³-hybridized carbons (Fsp3) is 0.0588. The van der Waals surface area contributed by atoms with Gasteiger partial charge in [-0.3, -0.25) is 4.79 Å². The Morgan fingerprint density at radius 3 is 2.24 bits per heavy atom. The number of carbonyl (C=O) groups is 1. The number of rotatable bonds is 2. The molecule has 0 atom stereocenters. The molecule has 0 saturated carbocycles. The Kier molecular flexibility index (Phi) is 4.71. The summed E-state index contributed by atoms with van der Waals surface area (Å²) in [6.07, 6.45) is 0. The van der Waals surface area contributed by atoms with Gasteiger partial charge in [0.1, 0.15) is 6.61 Å². The molecule has 0 bridgehead atoms. The van der Waals surface area contributed by atoms with Gasteiger partial charge in [-0.15, -0.1) is 0 Å². The van der Waals surface area contributed by atoms with E-state index in [0.717, 1.165) is 5.56 Å². The quantitative estimate of drug-likeness (QED) is 0.825. The maximum Gasteiger partial charge on any atom is 0.255 e. The third-order valence-corrected chi connectivity index (χ3v) is 2.73. The largest absolute Gasteiger partial charge is 0.384 e. The van der Waals surface area contributed by atoms with E-state index in [1.807, 2.05) is 6.07 Å². The zero-order valence-electron chi connectivity index (χ0n) is 11.1. The lowest BCUT2D eigenvalue weighted by molar-refractivity contribution is 0.102. The fourth-order valence-electron chi connectivity index (χ4n) is 1.68. The smallest absolute Gasteiger partial charge is 0.255 e. The number of carbonyl (C=O) groups excluding carboxylic acids is 1. The van der Waals surface area contributed by atoms with E-state index in [4.69, 9.17) is 10.4 Å². The van der Waals surface area contributed by atoms with Gasteiger partial charge < -0.3 is 10.4 Å². The van der Waals surface area contributed by atoms with Crippen LogP contribution in [0.25, 0.3) is 0 Å². The summed E-state index contributed by atoms with van der Waals surface area (Å²) in [5, 5.41) is 20.1. The van der Waals surface area contributed by atoms with E-state index in [9.17, 15) is 4.79 Å². The number of anilines is 1. The van der Waals surface area contributed by atoms with E-state index in [2.05, 4.69) is 17.2 Å². The van der Waals surface area contributed by atoms with Gasteiger partial charge in [-0.1, -0.05) is 11.8 Å². The molecule has 0 aliphatic heterocycles. The number of hydrogen-bond acceptors (Lipinski definition) is 3. The van der Waals surface area contributed by atoms with Crippen LogP contribution in [0.2, 0.25) is 0 Å². The van der Waals surface area contributed by atoms with E-state index in [1.54, 1.807) is 48.5 Å². The van der Waals surface area contributed by atoms with E-state index in [-0.39, 0.29) is 12.5 Å². The van der Waals surface area contributed by atoms with E-state index in [0.29, 0.717) is 16.8 Å². The van der Waals surface area contributed by atoms with Gasteiger partial charge in [0.25, 0.3) is 5.91 Å². The van der Waals surface area contributed by atoms with Crippen molar-refractivity contribution >= 4 is 11.6 Å². The van der Waals surface area contributed by atoms with Crippen LogP contribution in [0.5, 0.6) is 0 Å². The molecule has 0 saturated heterocycles. The van der Waals surface area contributed by atoms with E-state index >= 15 is 0 Å². The topological polar surface area (TPSA) is 73.1 Å². The summed E-state index contributed by atoms with van der Waals surface area (Å²) in [7, 11) is 0. The van der Waals surface area contributed by atoms with Crippen LogP contribution in [0.15, 0.2) is 48.5 Å². The Morgan fingerprint density at radius 2 is 1.67 bits per heavy atom. The van der Waals surface area contributed by atoms with Crippen LogP contribution < -0.4 is 5.32 Å². The normalized spacial score (nSPS) is 9.14. The second kappa shape index (κ2) is 6.91. The van der Waals surface area contributed by atoms with Crippen molar-refractivity contribution in [3.05, 3.63) is 65.2 Å². The average molecular weight is 276 g/mol. The van der Waals surface area contributed by atoms with Crippen LogP contribution in [0.1, 0.15) is 21.5 Å². The number of hydrogen-bond donors (Lipinski definition) is 2. The number of amides is 1. The Bertz CT molecular complexity index is 730. The van der Waals surface area contributed by atoms with Crippen LogP contribution >= 0.6 is 0 Å². The Balaban J connectivity index is 2.06. The highest BCUT2D eigenvalue weighted by molar-refractivity contribution is 6.04. The van der Waals surface area contributed by atoms with Gasteiger partial charge in [0.05, 0.1) is 11.6 Å². The number of nitrogens with zero attached hydrogens (tertiary/aromatic N) is 1. The van der Waals surface area contributed by atoms with Crippen LogP contribution in [0.3, 0.4) is 0 Å². The molecular weight excluding hydrogens is 264 g/mol. The number of benzene rings is 2. The molecule has 0 aliphatic carbocycles. The summed E-state index contributed by atoms with van der Waals surface area (Å²) in [6.45, 7) is -0.183. The predicted molar refractivity (Wildman–Crippen MR) is 79.5 cm³/mol. The third-order valence-electron chi connectivity index (χ3n) is 2.73. The molecule has 2 rings (SSSR count). The Hall–Kier alpha value is -3.08. The van der Waals surface area contributed by atoms with Crippen molar-refractivity contribution in [1.29, 1.82) is 5.26 Å². The molecule has 1 amide bonds. The lowest BCUT2D eigenvalue weighted by atomic mass is 10.1. The highest BCUT2D eigenvalue weighted by Gasteiger charge is 2.05. The molecule has 21 heavy (non-hydrogen) atoms. The maximum atomic E-state index is 12.0. The van der Waals surface area contributed by atoms with Gasteiger partial charge in [-0.05, 0) is 48.5 Å². The molecule has 0 aliphatic rings. The van der Waals surface area contributed by atoms with Gasteiger partial charge in [0.15, 0.2) is 0 Å². The first-order chi connectivity index (χ1) is 10.2. The molecule has 2 N–H and O–H groups in total. The van der Waals surface area contributed by atoms with Crippen molar-refractivity contribution < 1.29 is 9.90 Å². The molecule has 0 fully saturated rings. The highest BCUT2D eigenvalue weighted by atomic mass is 16.2. The minimum atomic E-state index is -0.242. The van der Waals surface area contributed by atoms with Gasteiger partial charge in [0.2, 0.25) is 0 Å². The van der Waals surface area contributed by atoms with Crippen LogP contribution in [-0.2, 0) is 0 Å². The number of nitriles is 1. The molecular formula is C17H12N2O2. The first kappa shape index (κ1) is 14.3. The van der Waals surface area contributed by atoms with Crippen LogP contribution in [-0.4, -0.2) is 17.6 Å². The minimum Gasteiger partial charge on any atom is -0.384 e. The molecule has 0 unspecified atom stereocenters. The van der Waals surface area contributed by atoms with Gasteiger partial charge in [-0.25, -0.2) is 0 Å². The summed E-state index contributed by atoms with van der Waals surface area (Å²) in [5.41, 5.74) is 2.41. The van der Waals surface area contributed by atoms with E-state index < -0.39 is 0 Å². The Labute approximate surface area is 122 Å². The summed E-state index contributed by atoms with van der Waals surface area (Å²) >= 11 is 0. The number of nitrogens with one attached hydrogen (secondary N) is 1. The van der Waals surface area contributed by atoms with Crippen molar-refractivity contribution in [2.24, 2.45) is 0 Å². The van der Waals surface area contributed by atoms with Crippen molar-refractivity contribution in [2.75, 3.05) is 11.9 Å². The highest BCUT2D eigenvalue weighted by Crippen LogP contribution is 2.11. The minimum absolute atomic E-state index is 0.183. The second-order valence-corrected chi connectivity index (χ2v) is 4.18. The number of aliphatic hydroxyl groups is 1. The Morgan fingerprint density at radius 1 is 1.05 bits per heavy atom. The van der Waals surface area contributed by atoms with Gasteiger partial charge in [-0.2, -0.15) is 5.26 Å². The molecule has 0 spiro atoms. The molecule has 0 radical (unpaired) electrons. The van der Waals surface area contributed by atoms with Crippen molar-refractivity contribution in [3.63, 3.8) is 0 Å². The summed E-state index contributed by atoms with van der Waals surface area (Å²) in [5.74, 6) is 5.09. The lowest BCUT2D eigenvalue weighted by Crippen LogP contribution is -2.11. The standard InChI is InChI=1S/C17H12N2O2/c18-12-14-3-7-15(8-4-14)17(21)19-16-9-5-13(6-10-16)2-1-11-20/h3-10,20H,11H2,(H,19,21). The van der Waals surface area contributed by atoms with E-state index in [1.165, 1.54) is 0 Å². The van der Waals surface area contributed by atoms with Crippen LogP contribution in [0.4, 0.5) is 5.69 Å². The van der Waals surface area contributed by atoms with Crippen molar-refractivity contribution in [1.82, 2.24) is 0 Å². The summed E-state index contributed by atoms with van der Waals surface area (Å²) in [4.78, 5) is 12.0. The zero-order valence-corrected chi connectivity index (χ0v) is 11.1. The predicted octanol–water partition coefficient (Wildman–Crippen LogP) is 2.15. The summed E-state index contributed by atoms with van der Waals surface area (Å²) < 4.78 is 0. The fourth-order valence-corrected chi connectivity index (χ4v) is 1.68. The van der Waals surface area contributed by atoms with Crippen LogP contribution in [0, 0.1) is 23.2 Å². The van der Waals surface area contributed by atoms with Gasteiger partial charge >= 0.3 is 0 Å². The molecule has 102 valence electrons. The number of aliphatic hydroxyl groups excluding tert-OH is 1. The maximum absolute atomic E-state index is 12.0. The molecule has 2 aromatic carbocycles. The second-order valence-electron chi connectivity index (χ2n) is 4.18. The molecule has 2 aromatic rings. The molecule has 0 aromatic heterocycles. The monoisotopic (exact) mass is 276 g/mol. The third kappa shape index (κ3) is 3.94. The SMILES string of the molecule is N#Cc1ccc(C(=O)Nc2ccc(C#CCO)cc2)cc1.